The molecule has 0 spiro atoms. The minimum Gasteiger partial charge on any atom is -0.359 e. The van der Waals surface area contributed by atoms with Gasteiger partial charge in [0.1, 0.15) is 0 Å². The van der Waals surface area contributed by atoms with Gasteiger partial charge in [0.15, 0.2) is 0 Å². The predicted octanol–water partition coefficient (Wildman–Crippen LogP) is 0.114. The smallest absolute Gasteiger partial charge is 0.221 e. The summed E-state index contributed by atoms with van der Waals surface area (Å²) in [7, 11) is -1.98. The third-order valence-corrected chi connectivity index (χ3v) is 3.75. The number of carbonyl (C=O) groups is 1. The predicted molar refractivity (Wildman–Crippen MR) is 70.5 cm³/mol. The lowest BCUT2D eigenvalue weighted by molar-refractivity contribution is -0.120. The average molecular weight is 281 g/mol. The third kappa shape index (κ3) is 5.50. The molecule has 0 aliphatic rings. The topological polar surface area (TPSA) is 99.1 Å². The molecule has 1 aromatic carbocycles. The Morgan fingerprint density at radius 1 is 1.32 bits per heavy atom. The number of hydrogen-bond donors (Lipinski definition) is 2. The molecule has 0 saturated carbocycles. The SMILES string of the molecule is CNC(=O)CCNS(=O)(=O)Cc1ccc(C#N)cc1. The van der Waals surface area contributed by atoms with Crippen LogP contribution in [0.15, 0.2) is 24.3 Å². The third-order valence-electron chi connectivity index (χ3n) is 2.39. The van der Waals surface area contributed by atoms with Crippen molar-refractivity contribution in [3.63, 3.8) is 0 Å². The number of hydrogen-bond acceptors (Lipinski definition) is 4. The molecule has 0 saturated heterocycles. The van der Waals surface area contributed by atoms with Gasteiger partial charge in [-0.2, -0.15) is 5.26 Å². The van der Waals surface area contributed by atoms with Gasteiger partial charge in [0.05, 0.1) is 17.4 Å². The number of benzene rings is 1. The fourth-order valence-electron chi connectivity index (χ4n) is 1.39. The van der Waals surface area contributed by atoms with Gasteiger partial charge < -0.3 is 5.32 Å². The van der Waals surface area contributed by atoms with Gasteiger partial charge in [-0.15, -0.1) is 0 Å². The van der Waals surface area contributed by atoms with Crippen molar-refractivity contribution >= 4 is 15.9 Å². The quantitative estimate of drug-likeness (QED) is 0.773. The number of nitrogens with one attached hydrogen (secondary N) is 2. The van der Waals surface area contributed by atoms with Gasteiger partial charge in [-0.1, -0.05) is 12.1 Å². The largest absolute Gasteiger partial charge is 0.359 e. The molecule has 1 rings (SSSR count). The Hall–Kier alpha value is -1.91. The van der Waals surface area contributed by atoms with Gasteiger partial charge in [0.2, 0.25) is 15.9 Å². The molecule has 0 aliphatic carbocycles. The Kier molecular flexibility index (Phi) is 5.48. The normalized spacial score (nSPS) is 10.7. The fraction of sp³-hybridized carbons (Fsp3) is 0.333. The molecule has 0 fully saturated rings. The second-order valence-corrected chi connectivity index (χ2v) is 5.69. The van der Waals surface area contributed by atoms with E-state index in [0.29, 0.717) is 11.1 Å². The Bertz CT molecular complexity index is 573. The molecule has 0 aromatic heterocycles. The molecule has 0 atom stereocenters. The first-order valence-electron chi connectivity index (χ1n) is 5.64. The number of rotatable bonds is 6. The Labute approximate surface area is 112 Å². The van der Waals surface area contributed by atoms with Crippen LogP contribution in [-0.2, 0) is 20.6 Å². The zero-order valence-corrected chi connectivity index (χ0v) is 11.3. The van der Waals surface area contributed by atoms with E-state index in [2.05, 4.69) is 10.0 Å². The van der Waals surface area contributed by atoms with Crippen LogP contribution in [0.2, 0.25) is 0 Å². The molecule has 102 valence electrons. The summed E-state index contributed by atoms with van der Waals surface area (Å²) in [6.45, 7) is 0.0677. The van der Waals surface area contributed by atoms with Gasteiger partial charge in [-0.3, -0.25) is 4.79 Å². The summed E-state index contributed by atoms with van der Waals surface area (Å²) in [5, 5.41) is 11.0. The summed E-state index contributed by atoms with van der Waals surface area (Å²) in [4.78, 5) is 10.9. The molecule has 1 amide bonds. The lowest BCUT2D eigenvalue weighted by Gasteiger charge is -2.06. The first kappa shape index (κ1) is 15.1. The van der Waals surface area contributed by atoms with E-state index in [4.69, 9.17) is 5.26 Å². The van der Waals surface area contributed by atoms with E-state index in [0.717, 1.165) is 0 Å². The zero-order valence-electron chi connectivity index (χ0n) is 10.5. The van der Waals surface area contributed by atoms with E-state index in [1.54, 1.807) is 24.3 Å². The molecule has 0 heterocycles. The molecule has 0 radical (unpaired) electrons. The molecule has 0 aliphatic heterocycles. The van der Waals surface area contributed by atoms with E-state index in [1.165, 1.54) is 7.05 Å². The van der Waals surface area contributed by atoms with Gasteiger partial charge in [0.25, 0.3) is 0 Å². The molecule has 19 heavy (non-hydrogen) atoms. The lowest BCUT2D eigenvalue weighted by Crippen LogP contribution is -2.30. The molecule has 0 unspecified atom stereocenters. The molecular formula is C12H15N3O3S. The highest BCUT2D eigenvalue weighted by Crippen LogP contribution is 2.07. The molecule has 0 bridgehead atoms. The van der Waals surface area contributed by atoms with Crippen LogP contribution in [0.3, 0.4) is 0 Å². The maximum Gasteiger partial charge on any atom is 0.221 e. The van der Waals surface area contributed by atoms with Gasteiger partial charge in [0, 0.05) is 20.0 Å². The van der Waals surface area contributed by atoms with Crippen molar-refractivity contribution in [2.75, 3.05) is 13.6 Å². The van der Waals surface area contributed by atoms with Gasteiger partial charge in [-0.25, -0.2) is 13.1 Å². The van der Waals surface area contributed by atoms with Crippen LogP contribution in [0.1, 0.15) is 17.5 Å². The van der Waals surface area contributed by atoms with Crippen LogP contribution < -0.4 is 10.0 Å². The Balaban J connectivity index is 2.54. The van der Waals surface area contributed by atoms with E-state index in [1.807, 2.05) is 6.07 Å². The van der Waals surface area contributed by atoms with Gasteiger partial charge in [-0.05, 0) is 17.7 Å². The minimum absolute atomic E-state index is 0.0677. The van der Waals surface area contributed by atoms with Crippen LogP contribution in [0.5, 0.6) is 0 Å². The summed E-state index contributed by atoms with van der Waals surface area (Å²) >= 11 is 0. The van der Waals surface area contributed by atoms with E-state index >= 15 is 0 Å². The first-order valence-corrected chi connectivity index (χ1v) is 7.29. The molecule has 2 N–H and O–H groups in total. The second-order valence-electron chi connectivity index (χ2n) is 3.89. The van der Waals surface area contributed by atoms with E-state index in [-0.39, 0.29) is 24.6 Å². The second kappa shape index (κ2) is 6.87. The van der Waals surface area contributed by atoms with Crippen molar-refractivity contribution in [1.82, 2.24) is 10.0 Å². The highest BCUT2D eigenvalue weighted by atomic mass is 32.2. The molecule has 1 aromatic rings. The number of amides is 1. The number of carbonyl (C=O) groups excluding carboxylic acids is 1. The maximum atomic E-state index is 11.7. The van der Waals surface area contributed by atoms with Gasteiger partial charge >= 0.3 is 0 Å². The van der Waals surface area contributed by atoms with Crippen LogP contribution in [0.25, 0.3) is 0 Å². The number of nitrogens with zero attached hydrogens (tertiary/aromatic N) is 1. The zero-order chi connectivity index (χ0) is 14.3. The van der Waals surface area contributed by atoms with Crippen molar-refractivity contribution < 1.29 is 13.2 Å². The lowest BCUT2D eigenvalue weighted by atomic mass is 10.2. The number of nitriles is 1. The van der Waals surface area contributed by atoms with Crippen molar-refractivity contribution in [2.24, 2.45) is 0 Å². The highest BCUT2D eigenvalue weighted by Gasteiger charge is 2.11. The summed E-state index contributed by atoms with van der Waals surface area (Å²) in [6.07, 6.45) is 0.100. The van der Waals surface area contributed by atoms with E-state index in [9.17, 15) is 13.2 Å². The Morgan fingerprint density at radius 3 is 2.47 bits per heavy atom. The van der Waals surface area contributed by atoms with Crippen LogP contribution in [0, 0.1) is 11.3 Å². The number of sulfonamides is 1. The highest BCUT2D eigenvalue weighted by molar-refractivity contribution is 7.88. The van der Waals surface area contributed by atoms with Crippen molar-refractivity contribution in [2.45, 2.75) is 12.2 Å². The van der Waals surface area contributed by atoms with Crippen molar-refractivity contribution in [3.05, 3.63) is 35.4 Å². The van der Waals surface area contributed by atoms with Crippen molar-refractivity contribution in [1.29, 1.82) is 5.26 Å². The molecule has 7 heteroatoms. The molecular weight excluding hydrogens is 266 g/mol. The van der Waals surface area contributed by atoms with Crippen LogP contribution >= 0.6 is 0 Å². The van der Waals surface area contributed by atoms with E-state index < -0.39 is 10.0 Å². The first-order chi connectivity index (χ1) is 8.96. The van der Waals surface area contributed by atoms with Crippen LogP contribution in [-0.4, -0.2) is 27.9 Å². The Morgan fingerprint density at radius 2 is 1.95 bits per heavy atom. The monoisotopic (exact) mass is 281 g/mol. The maximum absolute atomic E-state index is 11.7. The fourth-order valence-corrected chi connectivity index (χ4v) is 2.54. The van der Waals surface area contributed by atoms with Crippen molar-refractivity contribution in [3.8, 4) is 6.07 Å². The standard InChI is InChI=1S/C12H15N3O3S/c1-14-12(16)6-7-15-19(17,18)9-11-4-2-10(8-13)3-5-11/h2-5,15H,6-7,9H2,1H3,(H,14,16). The van der Waals surface area contributed by atoms with Crippen LogP contribution in [0.4, 0.5) is 0 Å². The average Bonchev–Trinajstić information content (AvgIpc) is 2.38. The minimum atomic E-state index is -3.47. The summed E-state index contributed by atoms with van der Waals surface area (Å²) in [5.41, 5.74) is 1.07. The molecule has 6 nitrogen and oxygen atoms in total. The summed E-state index contributed by atoms with van der Waals surface area (Å²) in [6, 6.07) is 8.28. The summed E-state index contributed by atoms with van der Waals surface area (Å²) in [5.74, 6) is -0.395. The summed E-state index contributed by atoms with van der Waals surface area (Å²) < 4.78 is 25.8.